The first-order valence-electron chi connectivity index (χ1n) is 5.15. The second kappa shape index (κ2) is 4.22. The van der Waals surface area contributed by atoms with Crippen molar-refractivity contribution in [2.45, 2.75) is 12.8 Å². The summed E-state index contributed by atoms with van der Waals surface area (Å²) >= 11 is 0. The Morgan fingerprint density at radius 2 is 2.06 bits per heavy atom. The van der Waals surface area contributed by atoms with Gasteiger partial charge in [-0.2, -0.15) is 10.1 Å². The molecular weight excluding hydrogens is 202 g/mol. The Bertz CT molecular complexity index is 469. The number of aromatic nitrogens is 3. The van der Waals surface area contributed by atoms with E-state index in [4.69, 9.17) is 11.5 Å². The van der Waals surface area contributed by atoms with Crippen LogP contribution in [-0.4, -0.2) is 14.8 Å². The first-order chi connectivity index (χ1) is 7.65. The van der Waals surface area contributed by atoms with Crippen LogP contribution in [0.3, 0.4) is 0 Å². The van der Waals surface area contributed by atoms with Crippen molar-refractivity contribution in [2.75, 3.05) is 11.5 Å². The maximum atomic E-state index is 5.70. The molecule has 2 rings (SSSR count). The lowest BCUT2D eigenvalue weighted by atomic mass is 10.1. The van der Waals surface area contributed by atoms with Gasteiger partial charge in [0.2, 0.25) is 5.95 Å². The van der Waals surface area contributed by atoms with Crippen molar-refractivity contribution in [3.05, 3.63) is 35.7 Å². The molecule has 4 N–H and O–H groups in total. The molecule has 0 amide bonds. The third kappa shape index (κ3) is 2.31. The first-order valence-corrected chi connectivity index (χ1v) is 5.15. The molecule has 0 fully saturated rings. The zero-order chi connectivity index (χ0) is 11.5. The summed E-state index contributed by atoms with van der Waals surface area (Å²) in [5.74, 6) is 1.21. The molecule has 0 aliphatic rings. The molecule has 2 aromatic rings. The molecule has 0 aliphatic heterocycles. The van der Waals surface area contributed by atoms with E-state index in [1.807, 2.05) is 24.3 Å². The van der Waals surface area contributed by atoms with Crippen molar-refractivity contribution in [1.29, 1.82) is 0 Å². The van der Waals surface area contributed by atoms with E-state index in [2.05, 4.69) is 10.1 Å². The molecule has 84 valence electrons. The highest BCUT2D eigenvalue weighted by Gasteiger charge is 2.04. The predicted octanol–water partition coefficient (Wildman–Crippen LogP) is 0.765. The van der Waals surface area contributed by atoms with Gasteiger partial charge in [0, 0.05) is 19.2 Å². The first kappa shape index (κ1) is 10.5. The van der Waals surface area contributed by atoms with Gasteiger partial charge < -0.3 is 11.5 Å². The van der Waals surface area contributed by atoms with Crippen LogP contribution in [0.25, 0.3) is 0 Å². The number of benzene rings is 1. The Balaban J connectivity index is 2.02. The van der Waals surface area contributed by atoms with Gasteiger partial charge in [0.1, 0.15) is 0 Å². The average molecular weight is 217 g/mol. The fourth-order valence-electron chi connectivity index (χ4n) is 1.56. The van der Waals surface area contributed by atoms with E-state index in [9.17, 15) is 0 Å². The van der Waals surface area contributed by atoms with E-state index in [0.717, 1.165) is 24.4 Å². The number of hydrogen-bond acceptors (Lipinski definition) is 4. The SMILES string of the molecule is Cn1nc(CCc2cccc(N)c2)nc1N. The fraction of sp³-hybridized carbons (Fsp3) is 0.273. The third-order valence-electron chi connectivity index (χ3n) is 2.43. The van der Waals surface area contributed by atoms with Gasteiger partial charge in [0.05, 0.1) is 0 Å². The van der Waals surface area contributed by atoms with Gasteiger partial charge in [0.25, 0.3) is 0 Å². The highest BCUT2D eigenvalue weighted by Crippen LogP contribution is 2.09. The van der Waals surface area contributed by atoms with Crippen LogP contribution in [0.2, 0.25) is 0 Å². The summed E-state index contributed by atoms with van der Waals surface area (Å²) in [7, 11) is 1.78. The number of hydrogen-bond donors (Lipinski definition) is 2. The van der Waals surface area contributed by atoms with Gasteiger partial charge in [0.15, 0.2) is 5.82 Å². The van der Waals surface area contributed by atoms with Crippen LogP contribution in [0, 0.1) is 0 Å². The van der Waals surface area contributed by atoms with Crippen LogP contribution in [0.4, 0.5) is 11.6 Å². The van der Waals surface area contributed by atoms with Gasteiger partial charge >= 0.3 is 0 Å². The minimum absolute atomic E-state index is 0.447. The lowest BCUT2D eigenvalue weighted by Gasteiger charge is -1.99. The number of anilines is 2. The lowest BCUT2D eigenvalue weighted by Crippen LogP contribution is -1.98. The minimum Gasteiger partial charge on any atom is -0.399 e. The summed E-state index contributed by atoms with van der Waals surface area (Å²) in [4.78, 5) is 4.15. The molecule has 1 aromatic heterocycles. The Morgan fingerprint density at radius 3 is 2.69 bits per heavy atom. The Morgan fingerprint density at radius 1 is 1.25 bits per heavy atom. The van der Waals surface area contributed by atoms with Gasteiger partial charge in [-0.25, -0.2) is 4.68 Å². The van der Waals surface area contributed by atoms with E-state index in [1.54, 1.807) is 11.7 Å². The van der Waals surface area contributed by atoms with Crippen molar-refractivity contribution in [2.24, 2.45) is 7.05 Å². The smallest absolute Gasteiger partial charge is 0.218 e. The maximum Gasteiger partial charge on any atom is 0.218 e. The zero-order valence-electron chi connectivity index (χ0n) is 9.22. The number of nitrogen functional groups attached to an aromatic ring is 2. The quantitative estimate of drug-likeness (QED) is 0.744. The normalized spacial score (nSPS) is 10.6. The van der Waals surface area contributed by atoms with Gasteiger partial charge in [-0.1, -0.05) is 12.1 Å². The van der Waals surface area contributed by atoms with Crippen LogP contribution < -0.4 is 11.5 Å². The molecule has 0 bridgehead atoms. The Kier molecular flexibility index (Phi) is 2.76. The number of rotatable bonds is 3. The molecule has 0 saturated heterocycles. The molecule has 0 unspecified atom stereocenters. The van der Waals surface area contributed by atoms with E-state index in [1.165, 1.54) is 5.56 Å². The molecule has 5 nitrogen and oxygen atoms in total. The topological polar surface area (TPSA) is 82.8 Å². The van der Waals surface area contributed by atoms with E-state index >= 15 is 0 Å². The molecule has 1 aromatic carbocycles. The van der Waals surface area contributed by atoms with Crippen LogP contribution >= 0.6 is 0 Å². The summed E-state index contributed by atoms with van der Waals surface area (Å²) < 4.78 is 1.58. The number of nitrogens with zero attached hydrogens (tertiary/aromatic N) is 3. The largest absolute Gasteiger partial charge is 0.399 e. The Labute approximate surface area is 94.1 Å². The van der Waals surface area contributed by atoms with Crippen molar-refractivity contribution in [3.8, 4) is 0 Å². The van der Waals surface area contributed by atoms with Crippen LogP contribution in [0.1, 0.15) is 11.4 Å². The number of nitrogens with two attached hydrogens (primary N) is 2. The third-order valence-corrected chi connectivity index (χ3v) is 2.43. The highest BCUT2D eigenvalue weighted by molar-refractivity contribution is 5.40. The number of aryl methyl sites for hydroxylation is 3. The average Bonchev–Trinajstić information content (AvgIpc) is 2.56. The van der Waals surface area contributed by atoms with Crippen molar-refractivity contribution in [3.63, 3.8) is 0 Å². The standard InChI is InChI=1S/C11H15N5/c1-16-11(13)14-10(15-16)6-5-8-3-2-4-9(12)7-8/h2-4,7H,5-6,12H2,1H3,(H2,13,14,15). The molecule has 0 atom stereocenters. The van der Waals surface area contributed by atoms with Gasteiger partial charge in [-0.15, -0.1) is 0 Å². The second-order valence-corrected chi connectivity index (χ2v) is 3.75. The molecule has 0 saturated carbocycles. The van der Waals surface area contributed by atoms with Crippen LogP contribution in [0.5, 0.6) is 0 Å². The summed E-state index contributed by atoms with van der Waals surface area (Å²) in [5.41, 5.74) is 13.3. The maximum absolute atomic E-state index is 5.70. The van der Waals surface area contributed by atoms with E-state index < -0.39 is 0 Å². The lowest BCUT2D eigenvalue weighted by molar-refractivity contribution is 0.744. The van der Waals surface area contributed by atoms with E-state index in [-0.39, 0.29) is 0 Å². The monoisotopic (exact) mass is 217 g/mol. The van der Waals surface area contributed by atoms with Gasteiger partial charge in [-0.05, 0) is 24.1 Å². The molecule has 0 radical (unpaired) electrons. The molecule has 0 spiro atoms. The molecule has 5 heteroatoms. The molecule has 0 aliphatic carbocycles. The van der Waals surface area contributed by atoms with Gasteiger partial charge in [-0.3, -0.25) is 0 Å². The Hall–Kier alpha value is -2.04. The van der Waals surface area contributed by atoms with E-state index in [0.29, 0.717) is 5.95 Å². The molecule has 16 heavy (non-hydrogen) atoms. The summed E-state index contributed by atoms with van der Waals surface area (Å²) in [6.45, 7) is 0. The molecular formula is C11H15N5. The van der Waals surface area contributed by atoms with Crippen molar-refractivity contribution in [1.82, 2.24) is 14.8 Å². The van der Waals surface area contributed by atoms with Crippen LogP contribution in [0.15, 0.2) is 24.3 Å². The zero-order valence-corrected chi connectivity index (χ0v) is 9.22. The van der Waals surface area contributed by atoms with Crippen LogP contribution in [-0.2, 0) is 19.9 Å². The summed E-state index contributed by atoms with van der Waals surface area (Å²) in [6.07, 6.45) is 1.64. The second-order valence-electron chi connectivity index (χ2n) is 3.75. The molecule has 1 heterocycles. The highest BCUT2D eigenvalue weighted by atomic mass is 15.4. The minimum atomic E-state index is 0.447. The van der Waals surface area contributed by atoms with Crippen molar-refractivity contribution < 1.29 is 0 Å². The fourth-order valence-corrected chi connectivity index (χ4v) is 1.56. The summed E-state index contributed by atoms with van der Waals surface area (Å²) in [5, 5.41) is 4.20. The summed E-state index contributed by atoms with van der Waals surface area (Å²) in [6, 6.07) is 7.83. The predicted molar refractivity (Wildman–Crippen MR) is 63.7 cm³/mol. The van der Waals surface area contributed by atoms with Crippen molar-refractivity contribution >= 4 is 11.6 Å².